The quantitative estimate of drug-likeness (QED) is 0.245. The highest BCUT2D eigenvalue weighted by atomic mass is 16.5. The van der Waals surface area contributed by atoms with E-state index in [2.05, 4.69) is 31.4 Å². The molecule has 1 aliphatic heterocycles. The molecule has 4 atom stereocenters. The van der Waals surface area contributed by atoms with Gasteiger partial charge in [0.05, 0.1) is 12.6 Å². The fourth-order valence-corrected chi connectivity index (χ4v) is 5.38. The van der Waals surface area contributed by atoms with Crippen molar-refractivity contribution in [2.24, 2.45) is 5.92 Å². The zero-order valence-corrected chi connectivity index (χ0v) is 27.1. The largest absolute Gasteiger partial charge is 0.391 e. The van der Waals surface area contributed by atoms with Crippen molar-refractivity contribution in [1.82, 2.24) is 36.3 Å². The molecule has 5 N–H and O–H groups in total. The average Bonchev–Trinajstić information content (AvgIpc) is 3.80. The van der Waals surface area contributed by atoms with Gasteiger partial charge < -0.3 is 35.8 Å². The molecule has 5 rings (SSSR count). The number of amides is 5. The zero-order valence-electron chi connectivity index (χ0n) is 27.1. The van der Waals surface area contributed by atoms with Crippen LogP contribution in [0.4, 0.5) is 0 Å². The van der Waals surface area contributed by atoms with E-state index in [0.717, 1.165) is 18.4 Å². The van der Waals surface area contributed by atoms with Crippen LogP contribution in [0, 0.1) is 5.92 Å². The van der Waals surface area contributed by atoms with Crippen molar-refractivity contribution in [1.29, 1.82) is 0 Å². The third-order valence-electron chi connectivity index (χ3n) is 8.30. The molecule has 0 unspecified atom stereocenters. The summed E-state index contributed by atoms with van der Waals surface area (Å²) in [6, 6.07) is 12.1. The topological polar surface area (TPSA) is 196 Å². The smallest absolute Gasteiger partial charge is 0.254 e. The molecule has 3 aromatic rings. The number of nitrogens with zero attached hydrogens (tertiary/aromatic N) is 3. The first-order valence-electron chi connectivity index (χ1n) is 16.1. The maximum atomic E-state index is 13.7. The second kappa shape index (κ2) is 15.2. The summed E-state index contributed by atoms with van der Waals surface area (Å²) in [5, 5.41) is 25.1. The summed E-state index contributed by atoms with van der Waals surface area (Å²) in [5.41, 5.74) is 1.69. The maximum Gasteiger partial charge on any atom is 0.254 e. The van der Waals surface area contributed by atoms with Crippen molar-refractivity contribution >= 4 is 29.5 Å². The van der Waals surface area contributed by atoms with Crippen LogP contribution in [0.3, 0.4) is 0 Å². The van der Waals surface area contributed by atoms with Crippen LogP contribution in [0.25, 0.3) is 11.4 Å². The Balaban J connectivity index is 1.37. The first-order chi connectivity index (χ1) is 23.0. The number of aromatic nitrogens is 2. The molecule has 1 saturated heterocycles. The van der Waals surface area contributed by atoms with Crippen LogP contribution in [-0.2, 0) is 25.6 Å². The molecule has 14 heteroatoms. The molecule has 5 amide bonds. The van der Waals surface area contributed by atoms with Gasteiger partial charge in [0.25, 0.3) is 5.91 Å². The molecular weight excluding hydrogens is 618 g/mol. The first-order valence-corrected chi connectivity index (χ1v) is 16.1. The van der Waals surface area contributed by atoms with Crippen molar-refractivity contribution in [2.75, 3.05) is 19.6 Å². The highest BCUT2D eigenvalue weighted by Gasteiger charge is 2.34. The van der Waals surface area contributed by atoms with Crippen molar-refractivity contribution in [3.05, 3.63) is 71.6 Å². The molecule has 0 spiro atoms. The number of carbonyl (C=O) groups excluding carboxylic acids is 5. The molecule has 48 heavy (non-hydrogen) atoms. The molecular formula is C34H41N7O7. The van der Waals surface area contributed by atoms with Crippen molar-refractivity contribution in [3.63, 3.8) is 0 Å². The third-order valence-corrected chi connectivity index (χ3v) is 8.30. The number of carbonyl (C=O) groups is 5. The van der Waals surface area contributed by atoms with Crippen LogP contribution < -0.4 is 21.3 Å². The Hall–Kier alpha value is -5.11. The highest BCUT2D eigenvalue weighted by Crippen LogP contribution is 2.39. The minimum Gasteiger partial charge on any atom is -0.391 e. The molecule has 2 aromatic carbocycles. The van der Waals surface area contributed by atoms with E-state index in [1.165, 1.54) is 11.8 Å². The summed E-state index contributed by atoms with van der Waals surface area (Å²) in [5.74, 6) is -2.13. The molecule has 0 bridgehead atoms. The summed E-state index contributed by atoms with van der Waals surface area (Å²) in [6.45, 7) is 4.29. The van der Waals surface area contributed by atoms with Gasteiger partial charge in [-0.25, -0.2) is 0 Å². The number of benzene rings is 2. The van der Waals surface area contributed by atoms with Crippen molar-refractivity contribution < 1.29 is 33.6 Å². The van der Waals surface area contributed by atoms with Gasteiger partial charge >= 0.3 is 0 Å². The molecule has 1 aromatic heterocycles. The van der Waals surface area contributed by atoms with Gasteiger partial charge in [0.15, 0.2) is 0 Å². The lowest BCUT2D eigenvalue weighted by molar-refractivity contribution is -0.135. The van der Waals surface area contributed by atoms with E-state index in [-0.39, 0.29) is 31.0 Å². The standard InChI is InChI=1S/C34H41N7O7/c1-19(2)27-32(46)36-25(17-21-7-5-4-6-8-21)30(44)38-28(20(3)42)31(45)35-15-16-41(18-26(43)37-27)34(47)24-13-9-22(10-14-24)29-39-33(48-40-29)23-11-12-23/h4-10,13-14,19-20,23,25,27-28,42H,11-12,15-18H2,1-3H3,(H,35,45)(H,36,46)(H,37,43)(H,38,44)/t20-,25+,27-,28+/m1/s1. The number of rotatable bonds is 7. The molecule has 2 heterocycles. The molecule has 14 nitrogen and oxygen atoms in total. The van der Waals surface area contributed by atoms with E-state index >= 15 is 0 Å². The minimum absolute atomic E-state index is 0.0784. The number of hydrogen-bond donors (Lipinski definition) is 5. The van der Waals surface area contributed by atoms with Gasteiger partial charge in [-0.15, -0.1) is 0 Å². The van der Waals surface area contributed by atoms with Gasteiger partial charge in [0.2, 0.25) is 35.3 Å². The number of hydrogen-bond acceptors (Lipinski definition) is 9. The fourth-order valence-electron chi connectivity index (χ4n) is 5.38. The lowest BCUT2D eigenvalue weighted by atomic mass is 10.0. The van der Waals surface area contributed by atoms with Gasteiger partial charge in [-0.05, 0) is 43.4 Å². The lowest BCUT2D eigenvalue weighted by Crippen LogP contribution is -2.60. The third kappa shape index (κ3) is 8.62. The zero-order chi connectivity index (χ0) is 34.4. The average molecular weight is 660 g/mol. The van der Waals surface area contributed by atoms with E-state index in [1.807, 2.05) is 6.07 Å². The number of nitrogens with one attached hydrogen (secondary N) is 4. The summed E-state index contributed by atoms with van der Waals surface area (Å²) >= 11 is 0. The van der Waals surface area contributed by atoms with Gasteiger partial charge in [0, 0.05) is 36.6 Å². The van der Waals surface area contributed by atoms with Gasteiger partial charge in [-0.3, -0.25) is 24.0 Å². The lowest BCUT2D eigenvalue weighted by Gasteiger charge is -2.27. The fraction of sp³-hybridized carbons (Fsp3) is 0.441. The van der Waals surface area contributed by atoms with E-state index in [1.54, 1.807) is 62.4 Å². The number of aliphatic hydroxyl groups excluding tert-OH is 1. The first kappa shape index (κ1) is 34.2. The predicted molar refractivity (Wildman–Crippen MR) is 173 cm³/mol. The second-order valence-electron chi connectivity index (χ2n) is 12.6. The van der Waals surface area contributed by atoms with Crippen LogP contribution in [0.1, 0.15) is 61.3 Å². The van der Waals surface area contributed by atoms with E-state index in [4.69, 9.17) is 4.52 Å². The normalized spacial score (nSPS) is 22.1. The number of aliphatic hydroxyl groups is 1. The summed E-state index contributed by atoms with van der Waals surface area (Å²) in [6.07, 6.45) is 0.857. The monoisotopic (exact) mass is 659 g/mol. The van der Waals surface area contributed by atoms with Crippen LogP contribution in [0.15, 0.2) is 59.1 Å². The Bertz CT molecular complexity index is 1620. The van der Waals surface area contributed by atoms with Gasteiger partial charge in [-0.1, -0.05) is 61.5 Å². The molecule has 1 saturated carbocycles. The van der Waals surface area contributed by atoms with Crippen molar-refractivity contribution in [2.45, 2.75) is 70.2 Å². The van der Waals surface area contributed by atoms with E-state index in [0.29, 0.717) is 23.2 Å². The molecule has 2 fully saturated rings. The minimum atomic E-state index is -1.35. The maximum absolute atomic E-state index is 13.7. The molecule has 254 valence electrons. The van der Waals surface area contributed by atoms with Crippen LogP contribution in [0.2, 0.25) is 0 Å². The Morgan fingerprint density at radius 1 is 0.917 bits per heavy atom. The highest BCUT2D eigenvalue weighted by molar-refractivity contribution is 5.98. The van der Waals surface area contributed by atoms with Crippen molar-refractivity contribution in [3.8, 4) is 11.4 Å². The molecule has 1 aliphatic carbocycles. The van der Waals surface area contributed by atoms with Crippen LogP contribution in [-0.4, -0.2) is 93.5 Å². The summed E-state index contributed by atoms with van der Waals surface area (Å²) in [4.78, 5) is 72.9. The Morgan fingerprint density at radius 2 is 1.62 bits per heavy atom. The SMILES string of the molecule is CC(C)[C@H]1NC(=O)CN(C(=O)c2ccc(-c3noc(C4CC4)n3)cc2)CCNC(=O)[C@H]([C@@H](C)O)NC(=O)[C@H](Cc2ccccc2)NC1=O. The predicted octanol–water partition coefficient (Wildman–Crippen LogP) is 0.920. The van der Waals surface area contributed by atoms with Gasteiger partial charge in [-0.2, -0.15) is 4.98 Å². The Kier molecular flexibility index (Phi) is 10.8. The molecule has 2 aliphatic rings. The van der Waals surface area contributed by atoms with Crippen LogP contribution in [0.5, 0.6) is 0 Å². The van der Waals surface area contributed by atoms with Crippen LogP contribution >= 0.6 is 0 Å². The van der Waals surface area contributed by atoms with E-state index < -0.39 is 60.3 Å². The van der Waals surface area contributed by atoms with Gasteiger partial charge in [0.1, 0.15) is 18.1 Å². The molecule has 0 radical (unpaired) electrons. The summed E-state index contributed by atoms with van der Waals surface area (Å²) in [7, 11) is 0. The Morgan fingerprint density at radius 3 is 2.27 bits per heavy atom. The Labute approximate surface area is 278 Å². The summed E-state index contributed by atoms with van der Waals surface area (Å²) < 4.78 is 5.34. The second-order valence-corrected chi connectivity index (χ2v) is 12.6. The van der Waals surface area contributed by atoms with E-state index in [9.17, 15) is 29.1 Å².